The largest absolute Gasteiger partial charge is 0.434 e. The summed E-state index contributed by atoms with van der Waals surface area (Å²) in [6.45, 7) is 0. The van der Waals surface area contributed by atoms with Crippen LogP contribution in [0, 0.1) is 3.57 Å². The summed E-state index contributed by atoms with van der Waals surface area (Å²) < 4.78 is 60.8. The zero-order chi connectivity index (χ0) is 11.8. The van der Waals surface area contributed by atoms with Crippen molar-refractivity contribution in [1.29, 1.82) is 0 Å². The fourth-order valence-electron chi connectivity index (χ4n) is 0.828. The minimum absolute atomic E-state index is 0.327. The van der Waals surface area contributed by atoms with Crippen LogP contribution in [0.4, 0.5) is 22.0 Å². The predicted octanol–water partition coefficient (Wildman–Crippen LogP) is 4.30. The molecule has 0 fully saturated rings. The van der Waals surface area contributed by atoms with Gasteiger partial charge < -0.3 is 0 Å². The summed E-state index contributed by atoms with van der Waals surface area (Å²) >= 11 is 6.64. The van der Waals surface area contributed by atoms with Gasteiger partial charge in [-0.3, -0.25) is 0 Å². The molecular formula is C7H2ClF5IN. The van der Waals surface area contributed by atoms with E-state index in [2.05, 4.69) is 4.98 Å². The Morgan fingerprint density at radius 1 is 1.33 bits per heavy atom. The van der Waals surface area contributed by atoms with Crippen LogP contribution in [0.1, 0.15) is 17.7 Å². The van der Waals surface area contributed by atoms with Crippen LogP contribution in [0.3, 0.4) is 0 Å². The van der Waals surface area contributed by atoms with Crippen molar-refractivity contribution in [3.8, 4) is 0 Å². The van der Waals surface area contributed by atoms with E-state index in [4.69, 9.17) is 11.6 Å². The highest BCUT2D eigenvalue weighted by atomic mass is 127. The number of rotatable bonds is 1. The van der Waals surface area contributed by atoms with E-state index in [0.29, 0.717) is 6.20 Å². The summed E-state index contributed by atoms with van der Waals surface area (Å²) in [5.41, 5.74) is -1.95. The molecule has 1 heterocycles. The lowest BCUT2D eigenvalue weighted by Gasteiger charge is -2.11. The highest BCUT2D eigenvalue weighted by molar-refractivity contribution is 14.1. The molecule has 0 unspecified atom stereocenters. The Hall–Kier alpha value is -0.180. The summed E-state index contributed by atoms with van der Waals surface area (Å²) in [5.74, 6) is 0. The maximum Gasteiger partial charge on any atom is 0.434 e. The molecule has 0 aliphatic rings. The molecule has 1 rings (SSSR count). The van der Waals surface area contributed by atoms with Gasteiger partial charge in [0.1, 0.15) is 0 Å². The van der Waals surface area contributed by atoms with E-state index in [1.807, 2.05) is 0 Å². The van der Waals surface area contributed by atoms with Crippen LogP contribution in [0.15, 0.2) is 6.20 Å². The Morgan fingerprint density at radius 3 is 2.27 bits per heavy atom. The van der Waals surface area contributed by atoms with E-state index < -0.39 is 28.9 Å². The van der Waals surface area contributed by atoms with Crippen molar-refractivity contribution in [3.63, 3.8) is 0 Å². The molecule has 1 nitrogen and oxygen atoms in total. The first-order chi connectivity index (χ1) is 6.75. The third-order valence-electron chi connectivity index (χ3n) is 1.49. The van der Waals surface area contributed by atoms with Gasteiger partial charge in [0.05, 0.1) is 10.6 Å². The molecule has 8 heteroatoms. The first kappa shape index (κ1) is 12.9. The third kappa shape index (κ3) is 2.68. The SMILES string of the molecule is FC(F)c1cnc(C(F)(F)F)c(Cl)c1I. The highest BCUT2D eigenvalue weighted by Crippen LogP contribution is 2.38. The van der Waals surface area contributed by atoms with Crippen LogP contribution in [0.5, 0.6) is 0 Å². The van der Waals surface area contributed by atoms with Crippen molar-refractivity contribution in [3.05, 3.63) is 26.0 Å². The van der Waals surface area contributed by atoms with Crippen LogP contribution in [0.2, 0.25) is 5.02 Å². The molecule has 0 saturated carbocycles. The lowest BCUT2D eigenvalue weighted by atomic mass is 10.2. The first-order valence-corrected chi connectivity index (χ1v) is 4.90. The number of halogens is 7. The molecule has 0 atom stereocenters. The molecule has 0 aliphatic carbocycles. The minimum atomic E-state index is -4.74. The second-order valence-corrected chi connectivity index (χ2v) is 3.95. The van der Waals surface area contributed by atoms with Crippen LogP contribution < -0.4 is 0 Å². The zero-order valence-corrected chi connectivity index (χ0v) is 9.66. The van der Waals surface area contributed by atoms with Crippen molar-refractivity contribution < 1.29 is 22.0 Å². The van der Waals surface area contributed by atoms with Crippen molar-refractivity contribution in [2.45, 2.75) is 12.6 Å². The summed E-state index contributed by atoms with van der Waals surface area (Å²) in [4.78, 5) is 2.89. The number of hydrogen-bond donors (Lipinski definition) is 0. The molecule has 0 bridgehead atoms. The molecule has 0 aliphatic heterocycles. The normalized spacial score (nSPS) is 12.3. The van der Waals surface area contributed by atoms with Gasteiger partial charge >= 0.3 is 6.18 Å². The van der Waals surface area contributed by atoms with E-state index in [0.717, 1.165) is 0 Å². The number of alkyl halides is 5. The van der Waals surface area contributed by atoms with Crippen LogP contribution >= 0.6 is 34.2 Å². The lowest BCUT2D eigenvalue weighted by Crippen LogP contribution is -2.11. The number of aromatic nitrogens is 1. The molecule has 84 valence electrons. The molecule has 0 spiro atoms. The Bertz CT molecular complexity index is 378. The van der Waals surface area contributed by atoms with Gasteiger partial charge in [0.2, 0.25) is 0 Å². The predicted molar refractivity (Wildman–Crippen MR) is 51.9 cm³/mol. The summed E-state index contributed by atoms with van der Waals surface area (Å²) in [6, 6.07) is 0. The third-order valence-corrected chi connectivity index (χ3v) is 3.34. The number of nitrogens with zero attached hydrogens (tertiary/aromatic N) is 1. The van der Waals surface area contributed by atoms with Gasteiger partial charge in [-0.15, -0.1) is 0 Å². The van der Waals surface area contributed by atoms with E-state index >= 15 is 0 Å². The molecule has 15 heavy (non-hydrogen) atoms. The van der Waals surface area contributed by atoms with Gasteiger partial charge in [-0.05, 0) is 22.6 Å². The van der Waals surface area contributed by atoms with Crippen molar-refractivity contribution in [2.24, 2.45) is 0 Å². The molecule has 1 aromatic rings. The van der Waals surface area contributed by atoms with Gasteiger partial charge in [0, 0.05) is 9.77 Å². The Kier molecular flexibility index (Phi) is 3.75. The minimum Gasteiger partial charge on any atom is -0.250 e. The Morgan fingerprint density at radius 2 is 1.87 bits per heavy atom. The Balaban J connectivity index is 3.34. The van der Waals surface area contributed by atoms with Gasteiger partial charge in [-0.2, -0.15) is 13.2 Å². The average Bonchev–Trinajstić information content (AvgIpc) is 2.06. The van der Waals surface area contributed by atoms with Crippen molar-refractivity contribution in [2.75, 3.05) is 0 Å². The molecule has 1 aromatic heterocycles. The summed E-state index contributed by atoms with van der Waals surface area (Å²) in [7, 11) is 0. The van der Waals surface area contributed by atoms with Crippen LogP contribution in [-0.2, 0) is 6.18 Å². The highest BCUT2D eigenvalue weighted by Gasteiger charge is 2.37. The molecule has 0 radical (unpaired) electrons. The molecule has 0 N–H and O–H groups in total. The summed E-state index contributed by atoms with van der Waals surface area (Å²) in [5, 5.41) is -0.791. The van der Waals surface area contributed by atoms with E-state index in [9.17, 15) is 22.0 Å². The standard InChI is InChI=1S/C7H2ClF5IN/c8-3-4(14)2(6(9)10)1-15-5(3)7(11,12)13/h1,6H. The second-order valence-electron chi connectivity index (χ2n) is 2.49. The summed E-state index contributed by atoms with van der Waals surface area (Å²) in [6.07, 6.45) is -7.15. The molecule has 0 amide bonds. The van der Waals surface area contributed by atoms with E-state index in [1.54, 1.807) is 0 Å². The fraction of sp³-hybridized carbons (Fsp3) is 0.286. The molecular weight excluding hydrogens is 355 g/mol. The van der Waals surface area contributed by atoms with Crippen LogP contribution in [-0.4, -0.2) is 4.98 Å². The van der Waals surface area contributed by atoms with Gasteiger partial charge in [-0.25, -0.2) is 13.8 Å². The number of pyridine rings is 1. The maximum absolute atomic E-state index is 12.3. The average molecular weight is 357 g/mol. The fourth-order valence-corrected chi connectivity index (χ4v) is 1.72. The molecule has 0 saturated heterocycles. The van der Waals surface area contributed by atoms with Crippen molar-refractivity contribution >= 4 is 34.2 Å². The van der Waals surface area contributed by atoms with Crippen LogP contribution in [0.25, 0.3) is 0 Å². The quantitative estimate of drug-likeness (QED) is 0.540. The van der Waals surface area contributed by atoms with E-state index in [-0.39, 0.29) is 3.57 Å². The smallest absolute Gasteiger partial charge is 0.250 e. The lowest BCUT2D eigenvalue weighted by molar-refractivity contribution is -0.141. The van der Waals surface area contributed by atoms with Crippen molar-refractivity contribution in [1.82, 2.24) is 4.98 Å². The Labute approximate surface area is 99.8 Å². The maximum atomic E-state index is 12.3. The zero-order valence-electron chi connectivity index (χ0n) is 6.75. The van der Waals surface area contributed by atoms with E-state index in [1.165, 1.54) is 22.6 Å². The van der Waals surface area contributed by atoms with Gasteiger partial charge in [-0.1, -0.05) is 11.6 Å². The number of hydrogen-bond acceptors (Lipinski definition) is 1. The monoisotopic (exact) mass is 357 g/mol. The van der Waals surface area contributed by atoms with Gasteiger partial charge in [0.25, 0.3) is 6.43 Å². The second kappa shape index (κ2) is 4.36. The topological polar surface area (TPSA) is 12.9 Å². The molecule has 0 aromatic carbocycles. The first-order valence-electron chi connectivity index (χ1n) is 3.44. The van der Waals surface area contributed by atoms with Gasteiger partial charge in [0.15, 0.2) is 5.69 Å².